The zero-order chi connectivity index (χ0) is 16.4. The second-order valence-corrected chi connectivity index (χ2v) is 6.06. The second-order valence-electron chi connectivity index (χ2n) is 5.21. The Morgan fingerprint density at radius 2 is 2.17 bits per heavy atom. The molecule has 0 unspecified atom stereocenters. The van der Waals surface area contributed by atoms with Gasteiger partial charge in [0.2, 0.25) is 0 Å². The van der Waals surface area contributed by atoms with Gasteiger partial charge in [-0.1, -0.05) is 12.1 Å². The lowest BCUT2D eigenvalue weighted by atomic mass is 10.0. The third-order valence-electron chi connectivity index (χ3n) is 3.79. The summed E-state index contributed by atoms with van der Waals surface area (Å²) in [5.41, 5.74) is 2.52. The molecule has 0 spiro atoms. The SMILES string of the molecule is CCOC(=O)c1n[nH]c2c1CN(C(=O)c1ccccc1Br)CC2. The summed E-state index contributed by atoms with van der Waals surface area (Å²) < 4.78 is 5.78. The molecule has 1 amide bonds. The van der Waals surface area contributed by atoms with Gasteiger partial charge in [0.05, 0.1) is 18.7 Å². The van der Waals surface area contributed by atoms with E-state index in [0.717, 1.165) is 15.7 Å². The molecule has 1 aromatic heterocycles. The van der Waals surface area contributed by atoms with Crippen LogP contribution >= 0.6 is 15.9 Å². The van der Waals surface area contributed by atoms with E-state index in [1.807, 2.05) is 18.2 Å². The number of nitrogens with zero attached hydrogens (tertiary/aromatic N) is 2. The van der Waals surface area contributed by atoms with Crippen LogP contribution in [0.2, 0.25) is 0 Å². The molecule has 3 rings (SSSR count). The number of nitrogens with one attached hydrogen (secondary N) is 1. The minimum absolute atomic E-state index is 0.0702. The average molecular weight is 378 g/mol. The maximum atomic E-state index is 12.7. The average Bonchev–Trinajstić information content (AvgIpc) is 2.98. The third kappa shape index (κ3) is 3.01. The Morgan fingerprint density at radius 3 is 2.91 bits per heavy atom. The molecular formula is C16H16BrN3O3. The maximum Gasteiger partial charge on any atom is 0.359 e. The number of fused-ring (bicyclic) bond motifs is 1. The normalized spacial score (nSPS) is 13.6. The molecule has 0 aliphatic carbocycles. The van der Waals surface area contributed by atoms with E-state index in [1.165, 1.54) is 0 Å². The van der Waals surface area contributed by atoms with Crippen molar-refractivity contribution in [1.82, 2.24) is 15.1 Å². The summed E-state index contributed by atoms with van der Waals surface area (Å²) in [4.78, 5) is 26.4. The molecular weight excluding hydrogens is 362 g/mol. The highest BCUT2D eigenvalue weighted by Crippen LogP contribution is 2.24. The van der Waals surface area contributed by atoms with Crippen molar-refractivity contribution in [2.75, 3.05) is 13.2 Å². The first-order valence-electron chi connectivity index (χ1n) is 7.38. The van der Waals surface area contributed by atoms with Crippen LogP contribution in [0.5, 0.6) is 0 Å². The first-order chi connectivity index (χ1) is 11.1. The molecule has 2 aromatic rings. The van der Waals surface area contributed by atoms with Crippen LogP contribution in [-0.4, -0.2) is 40.1 Å². The maximum absolute atomic E-state index is 12.7. The first-order valence-corrected chi connectivity index (χ1v) is 8.18. The van der Waals surface area contributed by atoms with Crippen LogP contribution in [0.4, 0.5) is 0 Å². The highest BCUT2D eigenvalue weighted by Gasteiger charge is 2.29. The number of esters is 1. The summed E-state index contributed by atoms with van der Waals surface area (Å²) in [7, 11) is 0. The van der Waals surface area contributed by atoms with Gasteiger partial charge in [0.1, 0.15) is 0 Å². The molecule has 0 bridgehead atoms. The summed E-state index contributed by atoms with van der Waals surface area (Å²) in [5, 5.41) is 6.93. The minimum atomic E-state index is -0.458. The Balaban J connectivity index is 1.85. The van der Waals surface area contributed by atoms with E-state index >= 15 is 0 Å². The Kier molecular flexibility index (Phi) is 4.47. The first kappa shape index (κ1) is 15.7. The largest absolute Gasteiger partial charge is 0.461 e. The molecule has 6 nitrogen and oxygen atoms in total. The van der Waals surface area contributed by atoms with Gasteiger partial charge in [-0.3, -0.25) is 9.89 Å². The molecule has 1 aromatic carbocycles. The van der Waals surface area contributed by atoms with E-state index in [9.17, 15) is 9.59 Å². The van der Waals surface area contributed by atoms with Gasteiger partial charge in [0.25, 0.3) is 5.91 Å². The molecule has 0 saturated carbocycles. The number of H-pyrrole nitrogens is 1. The predicted octanol–water partition coefficient (Wildman–Crippen LogP) is 2.55. The Bertz CT molecular complexity index is 757. The number of benzene rings is 1. The molecule has 0 fully saturated rings. The number of ether oxygens (including phenoxy) is 1. The highest BCUT2D eigenvalue weighted by atomic mass is 79.9. The van der Waals surface area contributed by atoms with Gasteiger partial charge in [-0.25, -0.2) is 4.79 Å². The van der Waals surface area contributed by atoms with Crippen molar-refractivity contribution in [2.45, 2.75) is 19.9 Å². The van der Waals surface area contributed by atoms with Crippen LogP contribution in [0.15, 0.2) is 28.7 Å². The van der Waals surface area contributed by atoms with Crippen molar-refractivity contribution in [2.24, 2.45) is 0 Å². The summed E-state index contributed by atoms with van der Waals surface area (Å²) in [5.74, 6) is -0.528. The van der Waals surface area contributed by atoms with Crippen LogP contribution in [-0.2, 0) is 17.7 Å². The molecule has 1 aliphatic heterocycles. The lowest BCUT2D eigenvalue weighted by Crippen LogP contribution is -2.36. The zero-order valence-corrected chi connectivity index (χ0v) is 14.2. The smallest absolute Gasteiger partial charge is 0.359 e. The van der Waals surface area contributed by atoms with Crippen LogP contribution in [0.1, 0.15) is 39.0 Å². The standard InChI is InChI=1S/C16H16BrN3O3/c1-2-23-16(22)14-11-9-20(8-7-13(11)18-19-14)15(21)10-5-3-4-6-12(10)17/h3-6H,2,7-9H2,1H3,(H,18,19). The van der Waals surface area contributed by atoms with Gasteiger partial charge in [0.15, 0.2) is 5.69 Å². The summed E-state index contributed by atoms with van der Waals surface area (Å²) in [6.07, 6.45) is 0.637. The van der Waals surface area contributed by atoms with Crippen LogP contribution in [0.25, 0.3) is 0 Å². The number of aromatic nitrogens is 2. The lowest BCUT2D eigenvalue weighted by Gasteiger charge is -2.27. The summed E-state index contributed by atoms with van der Waals surface area (Å²) >= 11 is 3.41. The predicted molar refractivity (Wildman–Crippen MR) is 87.1 cm³/mol. The molecule has 2 heterocycles. The van der Waals surface area contributed by atoms with Crippen molar-refractivity contribution in [3.05, 3.63) is 51.3 Å². The van der Waals surface area contributed by atoms with E-state index in [1.54, 1.807) is 17.9 Å². The van der Waals surface area contributed by atoms with Gasteiger partial charge in [-0.15, -0.1) is 0 Å². The summed E-state index contributed by atoms with van der Waals surface area (Å²) in [6.45, 7) is 2.97. The second kappa shape index (κ2) is 6.54. The van der Waals surface area contributed by atoms with E-state index in [-0.39, 0.29) is 11.6 Å². The number of halogens is 1. The molecule has 23 heavy (non-hydrogen) atoms. The topological polar surface area (TPSA) is 75.3 Å². The van der Waals surface area contributed by atoms with E-state index < -0.39 is 5.97 Å². The number of carbonyl (C=O) groups is 2. The quantitative estimate of drug-likeness (QED) is 0.833. The summed E-state index contributed by atoms with van der Waals surface area (Å²) in [6, 6.07) is 7.31. The Hall–Kier alpha value is -2.15. The van der Waals surface area contributed by atoms with Gasteiger partial charge < -0.3 is 9.64 Å². The van der Waals surface area contributed by atoms with Gasteiger partial charge >= 0.3 is 5.97 Å². The van der Waals surface area contributed by atoms with Gasteiger partial charge in [-0.2, -0.15) is 5.10 Å². The molecule has 1 N–H and O–H groups in total. The van der Waals surface area contributed by atoms with Gasteiger partial charge in [0, 0.05) is 28.7 Å². The van der Waals surface area contributed by atoms with Gasteiger partial charge in [-0.05, 0) is 35.0 Å². The fourth-order valence-corrected chi connectivity index (χ4v) is 3.10. The van der Waals surface area contributed by atoms with Crippen LogP contribution in [0.3, 0.4) is 0 Å². The van der Waals surface area contributed by atoms with Crippen molar-refractivity contribution in [3.63, 3.8) is 0 Å². The van der Waals surface area contributed by atoms with Crippen molar-refractivity contribution in [1.29, 1.82) is 0 Å². The molecule has 0 saturated heterocycles. The molecule has 0 atom stereocenters. The molecule has 0 radical (unpaired) electrons. The number of rotatable bonds is 3. The Morgan fingerprint density at radius 1 is 1.39 bits per heavy atom. The van der Waals surface area contributed by atoms with Crippen molar-refractivity contribution >= 4 is 27.8 Å². The van der Waals surface area contributed by atoms with E-state index in [4.69, 9.17) is 4.74 Å². The van der Waals surface area contributed by atoms with Crippen LogP contribution < -0.4 is 0 Å². The zero-order valence-electron chi connectivity index (χ0n) is 12.6. The lowest BCUT2D eigenvalue weighted by molar-refractivity contribution is 0.0513. The number of amides is 1. The van der Waals surface area contributed by atoms with E-state index in [2.05, 4.69) is 26.1 Å². The van der Waals surface area contributed by atoms with Crippen LogP contribution in [0, 0.1) is 0 Å². The number of hydrogen-bond acceptors (Lipinski definition) is 4. The number of hydrogen-bond donors (Lipinski definition) is 1. The number of carbonyl (C=O) groups excluding carboxylic acids is 2. The third-order valence-corrected chi connectivity index (χ3v) is 4.49. The highest BCUT2D eigenvalue weighted by molar-refractivity contribution is 9.10. The molecule has 120 valence electrons. The monoisotopic (exact) mass is 377 g/mol. The molecule has 1 aliphatic rings. The van der Waals surface area contributed by atoms with Crippen molar-refractivity contribution < 1.29 is 14.3 Å². The van der Waals surface area contributed by atoms with E-state index in [0.29, 0.717) is 31.7 Å². The number of aromatic amines is 1. The fourth-order valence-electron chi connectivity index (χ4n) is 2.64. The Labute approximate surface area is 141 Å². The van der Waals surface area contributed by atoms with Crippen molar-refractivity contribution in [3.8, 4) is 0 Å². The molecule has 7 heteroatoms. The fraction of sp³-hybridized carbons (Fsp3) is 0.312. The minimum Gasteiger partial charge on any atom is -0.461 e.